The van der Waals surface area contributed by atoms with E-state index in [1.807, 2.05) is 37.3 Å². The first kappa shape index (κ1) is 25.4. The number of carbonyl (C=O) groups excluding carboxylic acids is 1. The van der Waals surface area contributed by atoms with E-state index in [4.69, 9.17) is 4.74 Å². The van der Waals surface area contributed by atoms with E-state index in [0.29, 0.717) is 11.4 Å². The molecule has 0 unspecified atom stereocenters. The average molecular weight is 528 g/mol. The van der Waals surface area contributed by atoms with E-state index in [9.17, 15) is 13.2 Å². The fraction of sp³-hybridized carbons (Fsp3) is 0.167. The lowest BCUT2D eigenvalue weighted by atomic mass is 10.1. The van der Waals surface area contributed by atoms with Crippen molar-refractivity contribution in [1.29, 1.82) is 0 Å². The van der Waals surface area contributed by atoms with Crippen molar-refractivity contribution in [2.24, 2.45) is 0 Å². The van der Waals surface area contributed by atoms with Crippen molar-refractivity contribution in [3.63, 3.8) is 0 Å². The van der Waals surface area contributed by atoms with Gasteiger partial charge in [-0.1, -0.05) is 48.0 Å². The summed E-state index contributed by atoms with van der Waals surface area (Å²) in [7, 11) is -2.60. The summed E-state index contributed by atoms with van der Waals surface area (Å²) in [4.78, 5) is 13.4. The number of fused-ring (bicyclic) bond motifs is 3. The van der Waals surface area contributed by atoms with Crippen molar-refractivity contribution in [2.45, 2.75) is 25.3 Å². The molecule has 0 fully saturated rings. The molecule has 7 nitrogen and oxygen atoms in total. The first-order chi connectivity index (χ1) is 18.3. The largest absolute Gasteiger partial charge is 0.495 e. The molecule has 0 radical (unpaired) electrons. The molecule has 1 heterocycles. The number of hydrogen-bond donors (Lipinski definition) is 1. The standard InChI is InChI=1S/C30H29N3O4S/c1-4-32-26-10-6-5-9-24(26)25-19-22(15-18-27(25)32)31-30(34)20-33(28-11-7-8-12-29(28)37-3)38(35,36)23-16-13-21(2)14-17-23/h5-19H,4,20H2,1-3H3,(H,31,34). The fourth-order valence-corrected chi connectivity index (χ4v) is 6.21. The number of carbonyl (C=O) groups is 1. The molecule has 0 aliphatic rings. The summed E-state index contributed by atoms with van der Waals surface area (Å²) >= 11 is 0. The number of para-hydroxylation sites is 3. The Balaban J connectivity index is 1.50. The van der Waals surface area contributed by atoms with E-state index in [-0.39, 0.29) is 10.6 Å². The Bertz CT molecular complexity index is 1740. The van der Waals surface area contributed by atoms with Gasteiger partial charge in [-0.3, -0.25) is 9.10 Å². The normalized spacial score (nSPS) is 11.6. The molecule has 0 saturated heterocycles. The Labute approximate surface area is 222 Å². The van der Waals surface area contributed by atoms with Crippen LogP contribution in [0.4, 0.5) is 11.4 Å². The molecule has 0 bridgehead atoms. The predicted octanol–water partition coefficient (Wildman–Crippen LogP) is 5.97. The second-order valence-corrected chi connectivity index (χ2v) is 10.9. The highest BCUT2D eigenvalue weighted by Crippen LogP contribution is 2.33. The van der Waals surface area contributed by atoms with Gasteiger partial charge in [-0.05, 0) is 62.4 Å². The molecule has 1 N–H and O–H groups in total. The number of benzene rings is 4. The second-order valence-electron chi connectivity index (χ2n) is 9.04. The van der Waals surface area contributed by atoms with Crippen LogP contribution in [0.25, 0.3) is 21.8 Å². The van der Waals surface area contributed by atoms with E-state index >= 15 is 0 Å². The van der Waals surface area contributed by atoms with Crippen molar-refractivity contribution in [3.05, 3.63) is 96.6 Å². The van der Waals surface area contributed by atoms with Crippen LogP contribution in [-0.4, -0.2) is 32.5 Å². The summed E-state index contributed by atoms with van der Waals surface area (Å²) in [6.45, 7) is 4.38. The van der Waals surface area contributed by atoms with Crippen LogP contribution in [0.1, 0.15) is 12.5 Å². The topological polar surface area (TPSA) is 80.6 Å². The highest BCUT2D eigenvalue weighted by Gasteiger charge is 2.29. The van der Waals surface area contributed by atoms with Crippen molar-refractivity contribution >= 4 is 49.1 Å². The lowest BCUT2D eigenvalue weighted by molar-refractivity contribution is -0.114. The zero-order valence-corrected chi connectivity index (χ0v) is 22.3. The van der Waals surface area contributed by atoms with Crippen LogP contribution in [0.5, 0.6) is 5.75 Å². The molecule has 0 spiro atoms. The van der Waals surface area contributed by atoms with E-state index in [1.54, 1.807) is 48.5 Å². The fourth-order valence-electron chi connectivity index (χ4n) is 4.78. The van der Waals surface area contributed by atoms with Crippen molar-refractivity contribution in [2.75, 3.05) is 23.3 Å². The Morgan fingerprint density at radius 2 is 1.58 bits per heavy atom. The Hall–Kier alpha value is -4.30. The number of aromatic nitrogens is 1. The third-order valence-electron chi connectivity index (χ3n) is 6.62. The molecule has 1 aromatic heterocycles. The van der Waals surface area contributed by atoms with Gasteiger partial charge in [0.15, 0.2) is 0 Å². The van der Waals surface area contributed by atoms with Crippen LogP contribution < -0.4 is 14.4 Å². The number of nitrogens with zero attached hydrogens (tertiary/aromatic N) is 2. The average Bonchev–Trinajstić information content (AvgIpc) is 3.25. The zero-order chi connectivity index (χ0) is 26.9. The van der Waals surface area contributed by atoms with Crippen LogP contribution in [0.2, 0.25) is 0 Å². The molecule has 8 heteroatoms. The second kappa shape index (κ2) is 10.2. The minimum atomic E-state index is -4.07. The quantitative estimate of drug-likeness (QED) is 0.270. The molecule has 0 atom stereocenters. The number of methoxy groups -OCH3 is 1. The van der Waals surface area contributed by atoms with Crippen LogP contribution in [0.15, 0.2) is 95.9 Å². The number of hydrogen-bond acceptors (Lipinski definition) is 4. The highest BCUT2D eigenvalue weighted by molar-refractivity contribution is 7.92. The van der Waals surface area contributed by atoms with Gasteiger partial charge in [0, 0.05) is 34.0 Å². The maximum atomic E-state index is 13.7. The van der Waals surface area contributed by atoms with Gasteiger partial charge in [-0.15, -0.1) is 0 Å². The van der Waals surface area contributed by atoms with Crippen LogP contribution >= 0.6 is 0 Å². The molecule has 1 amide bonds. The lowest BCUT2D eigenvalue weighted by Gasteiger charge is -2.25. The summed E-state index contributed by atoms with van der Waals surface area (Å²) in [6, 6.07) is 27.2. The Morgan fingerprint density at radius 1 is 0.895 bits per heavy atom. The maximum Gasteiger partial charge on any atom is 0.264 e. The van der Waals surface area contributed by atoms with Gasteiger partial charge in [0.2, 0.25) is 5.91 Å². The van der Waals surface area contributed by atoms with Crippen molar-refractivity contribution < 1.29 is 17.9 Å². The number of sulfonamides is 1. The Morgan fingerprint density at radius 3 is 2.32 bits per heavy atom. The number of amides is 1. The van der Waals surface area contributed by atoms with Gasteiger partial charge in [0.1, 0.15) is 12.3 Å². The first-order valence-corrected chi connectivity index (χ1v) is 13.8. The number of aryl methyl sites for hydroxylation is 2. The summed E-state index contributed by atoms with van der Waals surface area (Å²) in [6.07, 6.45) is 0. The first-order valence-electron chi connectivity index (χ1n) is 12.4. The smallest absolute Gasteiger partial charge is 0.264 e. The van der Waals surface area contributed by atoms with E-state index in [2.05, 4.69) is 28.9 Å². The van der Waals surface area contributed by atoms with Gasteiger partial charge in [0.25, 0.3) is 10.0 Å². The molecule has 4 aromatic carbocycles. The summed E-state index contributed by atoms with van der Waals surface area (Å²) < 4.78 is 36.2. The van der Waals surface area contributed by atoms with Gasteiger partial charge >= 0.3 is 0 Å². The van der Waals surface area contributed by atoms with Crippen molar-refractivity contribution in [1.82, 2.24) is 4.57 Å². The van der Waals surface area contributed by atoms with Crippen LogP contribution in [0.3, 0.4) is 0 Å². The summed E-state index contributed by atoms with van der Waals surface area (Å²) in [5, 5.41) is 5.02. The number of nitrogens with one attached hydrogen (secondary N) is 1. The number of anilines is 2. The third-order valence-corrected chi connectivity index (χ3v) is 8.40. The molecule has 5 aromatic rings. The van der Waals surface area contributed by atoms with E-state index in [0.717, 1.165) is 38.2 Å². The number of ether oxygens (including phenoxy) is 1. The molecule has 0 aliphatic heterocycles. The molecule has 0 aliphatic carbocycles. The summed E-state index contributed by atoms with van der Waals surface area (Å²) in [5.41, 5.74) is 4.01. The van der Waals surface area contributed by atoms with Gasteiger partial charge < -0.3 is 14.6 Å². The zero-order valence-electron chi connectivity index (χ0n) is 21.5. The van der Waals surface area contributed by atoms with Gasteiger partial charge in [-0.2, -0.15) is 0 Å². The summed E-state index contributed by atoms with van der Waals surface area (Å²) in [5.74, 6) is -0.116. The van der Waals surface area contributed by atoms with Crippen LogP contribution in [0, 0.1) is 6.92 Å². The molecule has 0 saturated carbocycles. The molecular weight excluding hydrogens is 498 g/mol. The van der Waals surface area contributed by atoms with Crippen LogP contribution in [-0.2, 0) is 21.4 Å². The van der Waals surface area contributed by atoms with Gasteiger partial charge in [0.05, 0.1) is 17.7 Å². The van der Waals surface area contributed by atoms with Crippen molar-refractivity contribution in [3.8, 4) is 5.75 Å². The predicted molar refractivity (Wildman–Crippen MR) is 152 cm³/mol. The molecule has 5 rings (SSSR count). The maximum absolute atomic E-state index is 13.7. The third kappa shape index (κ3) is 4.59. The van der Waals surface area contributed by atoms with Gasteiger partial charge in [-0.25, -0.2) is 8.42 Å². The van der Waals surface area contributed by atoms with E-state index < -0.39 is 22.5 Å². The monoisotopic (exact) mass is 527 g/mol. The SMILES string of the molecule is CCn1c2ccccc2c2cc(NC(=O)CN(c3ccccc3OC)S(=O)(=O)c3ccc(C)cc3)ccc21. The molecule has 194 valence electrons. The van der Waals surface area contributed by atoms with E-state index in [1.165, 1.54) is 7.11 Å². The lowest BCUT2D eigenvalue weighted by Crippen LogP contribution is -2.38. The highest BCUT2D eigenvalue weighted by atomic mass is 32.2. The minimum Gasteiger partial charge on any atom is -0.495 e. The molecular formula is C30H29N3O4S. The Kier molecular flexibility index (Phi) is 6.82. The molecule has 38 heavy (non-hydrogen) atoms. The minimum absolute atomic E-state index is 0.0931. The number of rotatable bonds is 8.